The van der Waals surface area contributed by atoms with E-state index in [9.17, 15) is 14.0 Å². The number of benzene rings is 2. The van der Waals surface area contributed by atoms with Crippen molar-refractivity contribution in [2.75, 3.05) is 19.6 Å². The average molecular weight is 413 g/mol. The highest BCUT2D eigenvalue weighted by atomic mass is 32.2. The predicted molar refractivity (Wildman–Crippen MR) is 114 cm³/mol. The van der Waals surface area contributed by atoms with Gasteiger partial charge in [-0.25, -0.2) is 4.39 Å². The molecular weight excluding hydrogens is 387 g/mol. The molecule has 29 heavy (non-hydrogen) atoms. The number of carbonyl (C=O) groups excluding carboxylic acids is 2. The number of rotatable bonds is 8. The third-order valence-electron chi connectivity index (χ3n) is 4.78. The van der Waals surface area contributed by atoms with Gasteiger partial charge in [-0.3, -0.25) is 9.59 Å². The Hall–Kier alpha value is -2.60. The van der Waals surface area contributed by atoms with Crippen LogP contribution in [0.2, 0.25) is 0 Å². The number of carbonyl (C=O) groups is 2. The van der Waals surface area contributed by atoms with Gasteiger partial charge in [-0.1, -0.05) is 17.8 Å². The van der Waals surface area contributed by atoms with Gasteiger partial charge < -0.3 is 10.2 Å². The first-order valence-corrected chi connectivity index (χ1v) is 10.6. The first-order chi connectivity index (χ1) is 14.0. The van der Waals surface area contributed by atoms with Gasteiger partial charge in [0.1, 0.15) is 5.82 Å². The molecule has 6 heteroatoms. The predicted octanol–water partition coefficient (Wildman–Crippen LogP) is 4.43. The molecule has 2 aromatic rings. The van der Waals surface area contributed by atoms with E-state index in [0.29, 0.717) is 19.5 Å². The Morgan fingerprint density at radius 2 is 1.97 bits per heavy atom. The van der Waals surface area contributed by atoms with E-state index in [0.717, 1.165) is 40.3 Å². The molecule has 0 atom stereocenters. The van der Waals surface area contributed by atoms with Crippen LogP contribution in [0.5, 0.6) is 0 Å². The summed E-state index contributed by atoms with van der Waals surface area (Å²) in [5, 5.41) is 2.86. The number of hydrogen-bond donors (Lipinski definition) is 1. The van der Waals surface area contributed by atoms with E-state index < -0.39 is 0 Å². The molecule has 152 valence electrons. The highest BCUT2D eigenvalue weighted by molar-refractivity contribution is 7.99. The summed E-state index contributed by atoms with van der Waals surface area (Å²) in [6.07, 6.45) is 5.70. The topological polar surface area (TPSA) is 49.4 Å². The van der Waals surface area contributed by atoms with Crippen LogP contribution in [0.1, 0.15) is 30.4 Å². The van der Waals surface area contributed by atoms with E-state index in [1.54, 1.807) is 30.0 Å². The summed E-state index contributed by atoms with van der Waals surface area (Å²) >= 11 is 1.57. The third kappa shape index (κ3) is 6.46. The van der Waals surface area contributed by atoms with E-state index in [4.69, 9.17) is 0 Å². The normalized spacial score (nSPS) is 14.0. The molecule has 1 aliphatic heterocycles. The second-order valence-corrected chi connectivity index (χ2v) is 8.18. The van der Waals surface area contributed by atoms with Crippen molar-refractivity contribution in [3.05, 3.63) is 65.5 Å². The Morgan fingerprint density at radius 3 is 2.66 bits per heavy atom. The Labute approximate surface area is 175 Å². The fraction of sp³-hybridized carbons (Fsp3) is 0.304. The Bertz CT molecular complexity index is 896. The van der Waals surface area contributed by atoms with Crippen molar-refractivity contribution in [3.63, 3.8) is 0 Å². The van der Waals surface area contributed by atoms with Crippen molar-refractivity contribution in [2.45, 2.75) is 36.0 Å². The highest BCUT2D eigenvalue weighted by Gasteiger charge is 2.18. The van der Waals surface area contributed by atoms with Crippen LogP contribution < -0.4 is 5.32 Å². The standard InChI is InChI=1S/C23H25FN2O2S/c1-17-16-21(29-20-10-7-19(24)8-11-20)9-5-18(17)6-12-22(27)25-13-3-15-26-14-2-4-23(26)28/h5-12,16H,2-4,13-15H2,1H3,(H,25,27)/b12-6+. The molecule has 0 saturated carbocycles. The van der Waals surface area contributed by atoms with Crippen LogP contribution in [0.3, 0.4) is 0 Å². The lowest BCUT2D eigenvalue weighted by Gasteiger charge is -2.14. The maximum absolute atomic E-state index is 13.0. The first kappa shape index (κ1) is 21.1. The zero-order valence-electron chi connectivity index (χ0n) is 16.5. The molecule has 1 aliphatic rings. The van der Waals surface area contributed by atoms with E-state index in [2.05, 4.69) is 11.4 Å². The summed E-state index contributed by atoms with van der Waals surface area (Å²) in [7, 11) is 0. The highest BCUT2D eigenvalue weighted by Crippen LogP contribution is 2.29. The van der Waals surface area contributed by atoms with Crippen molar-refractivity contribution >= 4 is 29.7 Å². The number of likely N-dealkylation sites (tertiary alicyclic amines) is 1. The Morgan fingerprint density at radius 1 is 1.21 bits per heavy atom. The zero-order chi connectivity index (χ0) is 20.6. The number of hydrogen-bond acceptors (Lipinski definition) is 3. The van der Waals surface area contributed by atoms with Crippen molar-refractivity contribution in [1.82, 2.24) is 10.2 Å². The van der Waals surface area contributed by atoms with Crippen LogP contribution in [0.15, 0.2) is 58.3 Å². The fourth-order valence-electron chi connectivity index (χ4n) is 3.18. The molecule has 2 aromatic carbocycles. The minimum Gasteiger partial charge on any atom is -0.352 e. The van der Waals surface area contributed by atoms with Crippen molar-refractivity contribution in [1.29, 1.82) is 0 Å². The van der Waals surface area contributed by atoms with Gasteiger partial charge in [-0.2, -0.15) is 0 Å². The fourth-order valence-corrected chi connectivity index (χ4v) is 4.10. The van der Waals surface area contributed by atoms with Crippen LogP contribution in [0.4, 0.5) is 4.39 Å². The number of amides is 2. The number of nitrogens with zero attached hydrogens (tertiary/aromatic N) is 1. The lowest BCUT2D eigenvalue weighted by molar-refractivity contribution is -0.127. The molecule has 0 aliphatic carbocycles. The molecule has 1 N–H and O–H groups in total. The van der Waals surface area contributed by atoms with Crippen molar-refractivity contribution in [2.24, 2.45) is 0 Å². The van der Waals surface area contributed by atoms with Gasteiger partial charge in [0.15, 0.2) is 0 Å². The SMILES string of the molecule is Cc1cc(Sc2ccc(F)cc2)ccc1/C=C/C(=O)NCCCN1CCCC1=O. The number of aryl methyl sites for hydroxylation is 1. The minimum absolute atomic E-state index is 0.137. The van der Waals surface area contributed by atoms with Gasteiger partial charge in [0.05, 0.1) is 0 Å². The molecule has 0 unspecified atom stereocenters. The molecule has 1 fully saturated rings. The van der Waals surface area contributed by atoms with Crippen LogP contribution in [0.25, 0.3) is 6.08 Å². The summed E-state index contributed by atoms with van der Waals surface area (Å²) in [5.41, 5.74) is 2.04. The molecule has 0 radical (unpaired) electrons. The molecule has 1 saturated heterocycles. The molecule has 4 nitrogen and oxygen atoms in total. The van der Waals surface area contributed by atoms with Gasteiger partial charge in [-0.15, -0.1) is 0 Å². The lowest BCUT2D eigenvalue weighted by atomic mass is 10.1. The second-order valence-electron chi connectivity index (χ2n) is 7.04. The third-order valence-corrected chi connectivity index (χ3v) is 5.78. The van der Waals surface area contributed by atoms with E-state index >= 15 is 0 Å². The largest absolute Gasteiger partial charge is 0.352 e. The lowest BCUT2D eigenvalue weighted by Crippen LogP contribution is -2.29. The van der Waals surface area contributed by atoms with Crippen LogP contribution in [-0.4, -0.2) is 36.3 Å². The molecule has 2 amide bonds. The monoisotopic (exact) mass is 412 g/mol. The van der Waals surface area contributed by atoms with Gasteiger partial charge in [-0.05, 0) is 73.4 Å². The van der Waals surface area contributed by atoms with Crippen LogP contribution >= 0.6 is 11.8 Å². The maximum atomic E-state index is 13.0. The molecular formula is C23H25FN2O2S. The molecule has 3 rings (SSSR count). The molecule has 1 heterocycles. The van der Waals surface area contributed by atoms with Gasteiger partial charge in [0, 0.05) is 41.9 Å². The Balaban J connectivity index is 1.46. The van der Waals surface area contributed by atoms with Gasteiger partial charge >= 0.3 is 0 Å². The summed E-state index contributed by atoms with van der Waals surface area (Å²) in [5.74, 6) is -0.163. The number of nitrogens with one attached hydrogen (secondary N) is 1. The van der Waals surface area contributed by atoms with Gasteiger partial charge in [0.2, 0.25) is 11.8 Å². The minimum atomic E-state index is -0.242. The second kappa shape index (κ2) is 10.3. The van der Waals surface area contributed by atoms with E-state index in [1.165, 1.54) is 18.2 Å². The quantitative estimate of drug-likeness (QED) is 0.516. The van der Waals surface area contributed by atoms with E-state index in [-0.39, 0.29) is 17.6 Å². The Kier molecular flexibility index (Phi) is 7.47. The smallest absolute Gasteiger partial charge is 0.244 e. The zero-order valence-corrected chi connectivity index (χ0v) is 17.3. The molecule has 0 bridgehead atoms. The summed E-state index contributed by atoms with van der Waals surface area (Å²) in [4.78, 5) is 27.5. The summed E-state index contributed by atoms with van der Waals surface area (Å²) in [6.45, 7) is 4.09. The number of halogens is 1. The molecule has 0 spiro atoms. The maximum Gasteiger partial charge on any atom is 0.244 e. The van der Waals surface area contributed by atoms with Gasteiger partial charge in [0.25, 0.3) is 0 Å². The van der Waals surface area contributed by atoms with Crippen LogP contribution in [0, 0.1) is 12.7 Å². The summed E-state index contributed by atoms with van der Waals surface area (Å²) in [6, 6.07) is 12.4. The summed E-state index contributed by atoms with van der Waals surface area (Å²) < 4.78 is 13.0. The molecule has 0 aromatic heterocycles. The average Bonchev–Trinajstić information content (AvgIpc) is 3.11. The first-order valence-electron chi connectivity index (χ1n) is 9.79. The van der Waals surface area contributed by atoms with E-state index in [1.807, 2.05) is 24.0 Å². The van der Waals surface area contributed by atoms with Crippen molar-refractivity contribution in [3.8, 4) is 0 Å². The van der Waals surface area contributed by atoms with Crippen LogP contribution in [-0.2, 0) is 9.59 Å². The van der Waals surface area contributed by atoms with Crippen molar-refractivity contribution < 1.29 is 14.0 Å².